The Balaban J connectivity index is 1.96. The van der Waals surface area contributed by atoms with Gasteiger partial charge < -0.3 is 21.5 Å². The minimum Gasteiger partial charge on any atom is -0.495 e. The Bertz CT molecular complexity index is 655. The number of thioether (sulfide) groups is 1. The number of amidine groups is 1. The SMILES string of the molecule is COc1ccccc1NC(=O)C[C@H]1SC(N=C(N)N)=NC1=O. The Hall–Kier alpha value is -2.55. The predicted octanol–water partition coefficient (Wildman–Crippen LogP) is 0.295. The Morgan fingerprint density at radius 3 is 2.86 bits per heavy atom. The Morgan fingerprint density at radius 1 is 1.45 bits per heavy atom. The molecule has 0 spiro atoms. The molecule has 0 saturated heterocycles. The van der Waals surface area contributed by atoms with Crippen molar-refractivity contribution in [2.75, 3.05) is 12.4 Å². The molecule has 1 atom stereocenters. The van der Waals surface area contributed by atoms with Crippen LogP contribution in [0.1, 0.15) is 6.42 Å². The van der Waals surface area contributed by atoms with Crippen molar-refractivity contribution >= 4 is 40.4 Å². The smallest absolute Gasteiger partial charge is 0.262 e. The van der Waals surface area contributed by atoms with Gasteiger partial charge in [0.05, 0.1) is 12.8 Å². The number of hydrogen-bond donors (Lipinski definition) is 3. The van der Waals surface area contributed by atoms with Gasteiger partial charge in [-0.2, -0.15) is 9.98 Å². The highest BCUT2D eigenvalue weighted by Crippen LogP contribution is 2.27. The zero-order valence-electron chi connectivity index (χ0n) is 11.8. The lowest BCUT2D eigenvalue weighted by Crippen LogP contribution is -2.23. The fourth-order valence-electron chi connectivity index (χ4n) is 1.78. The summed E-state index contributed by atoms with van der Waals surface area (Å²) in [5, 5.41) is 2.23. The number of nitrogens with one attached hydrogen (secondary N) is 1. The fraction of sp³-hybridized carbons (Fsp3) is 0.231. The predicted molar refractivity (Wildman–Crippen MR) is 85.9 cm³/mol. The van der Waals surface area contributed by atoms with Gasteiger partial charge in [-0.1, -0.05) is 23.9 Å². The van der Waals surface area contributed by atoms with E-state index in [4.69, 9.17) is 16.2 Å². The quantitative estimate of drug-likeness (QED) is 0.539. The summed E-state index contributed by atoms with van der Waals surface area (Å²) in [5.41, 5.74) is 11.0. The number of ether oxygens (including phenoxy) is 1. The number of amides is 2. The van der Waals surface area contributed by atoms with E-state index in [2.05, 4.69) is 15.3 Å². The molecule has 8 nitrogen and oxygen atoms in total. The third kappa shape index (κ3) is 3.98. The molecule has 0 unspecified atom stereocenters. The zero-order valence-corrected chi connectivity index (χ0v) is 12.6. The van der Waals surface area contributed by atoms with Crippen LogP contribution in [0, 0.1) is 0 Å². The van der Waals surface area contributed by atoms with Crippen LogP contribution < -0.4 is 21.5 Å². The van der Waals surface area contributed by atoms with Gasteiger partial charge in [-0.25, -0.2) is 0 Å². The van der Waals surface area contributed by atoms with Gasteiger partial charge in [-0.3, -0.25) is 9.59 Å². The van der Waals surface area contributed by atoms with E-state index >= 15 is 0 Å². The van der Waals surface area contributed by atoms with Crippen molar-refractivity contribution in [2.45, 2.75) is 11.7 Å². The van der Waals surface area contributed by atoms with Crippen molar-refractivity contribution in [3.05, 3.63) is 24.3 Å². The van der Waals surface area contributed by atoms with Gasteiger partial charge in [0.15, 0.2) is 11.1 Å². The van der Waals surface area contributed by atoms with Crippen LogP contribution in [0.2, 0.25) is 0 Å². The molecule has 9 heteroatoms. The van der Waals surface area contributed by atoms with Crippen LogP contribution in [0.25, 0.3) is 0 Å². The normalized spacial score (nSPS) is 16.9. The maximum atomic E-state index is 12.0. The summed E-state index contributed by atoms with van der Waals surface area (Å²) in [6.07, 6.45) is -0.0332. The molecule has 1 aromatic rings. The van der Waals surface area contributed by atoms with Crippen molar-refractivity contribution in [3.63, 3.8) is 0 Å². The molecule has 0 bridgehead atoms. The summed E-state index contributed by atoms with van der Waals surface area (Å²) in [6.45, 7) is 0. The Morgan fingerprint density at radius 2 is 2.18 bits per heavy atom. The second-order valence-electron chi connectivity index (χ2n) is 4.33. The first-order chi connectivity index (χ1) is 10.5. The van der Waals surface area contributed by atoms with E-state index in [0.717, 1.165) is 11.8 Å². The van der Waals surface area contributed by atoms with Crippen molar-refractivity contribution in [3.8, 4) is 5.75 Å². The summed E-state index contributed by atoms with van der Waals surface area (Å²) >= 11 is 1.06. The van der Waals surface area contributed by atoms with Crippen molar-refractivity contribution in [1.29, 1.82) is 0 Å². The number of aliphatic imine (C=N–C) groups is 2. The molecule has 2 rings (SSSR count). The molecule has 5 N–H and O–H groups in total. The van der Waals surface area contributed by atoms with E-state index in [1.54, 1.807) is 24.3 Å². The minimum absolute atomic E-state index is 0.0332. The highest BCUT2D eigenvalue weighted by Gasteiger charge is 2.30. The second-order valence-corrected chi connectivity index (χ2v) is 5.50. The lowest BCUT2D eigenvalue weighted by atomic mass is 10.2. The first-order valence-electron chi connectivity index (χ1n) is 6.31. The third-order valence-corrected chi connectivity index (χ3v) is 3.75. The highest BCUT2D eigenvalue weighted by molar-refractivity contribution is 8.15. The van der Waals surface area contributed by atoms with Crippen LogP contribution in [0.4, 0.5) is 5.69 Å². The summed E-state index contributed by atoms with van der Waals surface area (Å²) in [5.74, 6) is -0.395. The molecule has 1 aliphatic heterocycles. The van der Waals surface area contributed by atoms with Crippen molar-refractivity contribution < 1.29 is 14.3 Å². The molecule has 1 heterocycles. The Labute approximate surface area is 131 Å². The van der Waals surface area contributed by atoms with Gasteiger partial charge in [0, 0.05) is 6.42 Å². The average Bonchev–Trinajstić information content (AvgIpc) is 2.78. The number of benzene rings is 1. The maximum Gasteiger partial charge on any atom is 0.262 e. The number of guanidine groups is 1. The van der Waals surface area contributed by atoms with E-state index in [-0.39, 0.29) is 23.5 Å². The first-order valence-corrected chi connectivity index (χ1v) is 7.19. The van der Waals surface area contributed by atoms with E-state index in [1.165, 1.54) is 7.11 Å². The van der Waals surface area contributed by atoms with E-state index in [1.807, 2.05) is 0 Å². The van der Waals surface area contributed by atoms with Gasteiger partial charge in [0.2, 0.25) is 5.91 Å². The van der Waals surface area contributed by atoms with E-state index in [9.17, 15) is 9.59 Å². The molecular weight excluding hydrogens is 306 g/mol. The van der Waals surface area contributed by atoms with E-state index < -0.39 is 11.2 Å². The number of anilines is 1. The molecule has 0 saturated carbocycles. The largest absolute Gasteiger partial charge is 0.495 e. The van der Waals surface area contributed by atoms with Gasteiger partial charge in [-0.15, -0.1) is 0 Å². The molecule has 116 valence electrons. The van der Waals surface area contributed by atoms with E-state index in [0.29, 0.717) is 11.4 Å². The molecule has 0 aromatic heterocycles. The second kappa shape index (κ2) is 6.94. The molecule has 0 fully saturated rings. The number of rotatable bonds is 4. The van der Waals surface area contributed by atoms with Crippen LogP contribution in [-0.2, 0) is 9.59 Å². The molecule has 1 aromatic carbocycles. The van der Waals surface area contributed by atoms with Gasteiger partial charge in [0.1, 0.15) is 11.0 Å². The molecule has 22 heavy (non-hydrogen) atoms. The summed E-state index contributed by atoms with van der Waals surface area (Å²) in [6, 6.07) is 7.00. The number of carbonyl (C=O) groups excluding carboxylic acids is 2. The number of nitrogens with two attached hydrogens (primary N) is 2. The molecule has 0 aliphatic carbocycles. The van der Waals surface area contributed by atoms with Crippen molar-refractivity contribution in [2.24, 2.45) is 21.5 Å². The standard InChI is InChI=1S/C13H15N5O3S/c1-21-8-5-3-2-4-7(8)16-10(19)6-9-11(20)17-13(22-9)18-12(14)15/h2-5,9H,6H2,1H3,(H,16,19)(H4,14,15,17,18,20)/t9-/m1/s1. The number of hydrogen-bond acceptors (Lipinski definition) is 5. The maximum absolute atomic E-state index is 12.0. The molecular formula is C13H15N5O3S. The van der Waals surface area contributed by atoms with Crippen LogP contribution in [0.3, 0.4) is 0 Å². The van der Waals surface area contributed by atoms with Crippen LogP contribution in [-0.4, -0.2) is 35.3 Å². The number of para-hydroxylation sites is 2. The average molecular weight is 321 g/mol. The highest BCUT2D eigenvalue weighted by atomic mass is 32.2. The number of nitrogens with zero attached hydrogens (tertiary/aromatic N) is 2. The van der Waals surface area contributed by atoms with Gasteiger partial charge in [0.25, 0.3) is 5.91 Å². The fourth-order valence-corrected chi connectivity index (χ4v) is 2.72. The lowest BCUT2D eigenvalue weighted by molar-refractivity contribution is -0.121. The summed E-state index contributed by atoms with van der Waals surface area (Å²) in [7, 11) is 1.51. The number of methoxy groups -OCH3 is 1. The topological polar surface area (TPSA) is 132 Å². The molecule has 2 amide bonds. The minimum atomic E-state index is -0.632. The van der Waals surface area contributed by atoms with Crippen LogP contribution in [0.5, 0.6) is 5.75 Å². The molecule has 0 radical (unpaired) electrons. The lowest BCUT2D eigenvalue weighted by Gasteiger charge is -2.11. The van der Waals surface area contributed by atoms with Gasteiger partial charge in [-0.05, 0) is 12.1 Å². The summed E-state index contributed by atoms with van der Waals surface area (Å²) < 4.78 is 5.14. The van der Waals surface area contributed by atoms with Crippen LogP contribution in [0.15, 0.2) is 34.3 Å². The number of carbonyl (C=O) groups is 2. The molecule has 1 aliphatic rings. The summed E-state index contributed by atoms with van der Waals surface area (Å²) in [4.78, 5) is 31.2. The Kier molecular flexibility index (Phi) is 4.99. The monoisotopic (exact) mass is 321 g/mol. The first kappa shape index (κ1) is 15.8. The van der Waals surface area contributed by atoms with Crippen LogP contribution >= 0.6 is 11.8 Å². The van der Waals surface area contributed by atoms with Crippen molar-refractivity contribution in [1.82, 2.24) is 0 Å². The zero-order chi connectivity index (χ0) is 16.1. The van der Waals surface area contributed by atoms with Gasteiger partial charge >= 0.3 is 0 Å². The third-order valence-electron chi connectivity index (χ3n) is 2.71.